The Morgan fingerprint density at radius 3 is 2.61 bits per heavy atom. The number of halogens is 1. The van der Waals surface area contributed by atoms with Crippen LogP contribution in [0.4, 0.5) is 5.69 Å². The summed E-state index contributed by atoms with van der Waals surface area (Å²) in [5, 5.41) is 3.12. The number of carbonyl (C=O) groups is 1. The average Bonchev–Trinajstić information content (AvgIpc) is 2.30. The summed E-state index contributed by atoms with van der Waals surface area (Å²) in [6.45, 7) is 0. The van der Waals surface area contributed by atoms with Crippen LogP contribution in [-0.2, 0) is 14.6 Å². The molecule has 1 aliphatic heterocycles. The number of sulfone groups is 1. The first kappa shape index (κ1) is 12.0. The van der Waals surface area contributed by atoms with Crippen LogP contribution in [0.5, 0.6) is 0 Å². The third kappa shape index (κ3) is 1.65. The first-order valence-electron chi connectivity index (χ1n) is 5.77. The van der Waals surface area contributed by atoms with Crippen LogP contribution in [0.3, 0.4) is 0 Å². The Hall–Kier alpha value is -1.07. The number of amides is 1. The minimum absolute atomic E-state index is 0.0968. The Kier molecular flexibility index (Phi) is 2.47. The van der Waals surface area contributed by atoms with E-state index in [1.54, 1.807) is 0 Å². The normalized spacial score (nSPS) is 23.7. The fraction of sp³-hybridized carbons (Fsp3) is 0.417. The molecule has 1 aliphatic carbocycles. The van der Waals surface area contributed by atoms with Crippen LogP contribution in [0.25, 0.3) is 0 Å². The number of hydrogen-bond donors (Lipinski definition) is 1. The summed E-state index contributed by atoms with van der Waals surface area (Å²) in [7, 11) is -3.44. The highest BCUT2D eigenvalue weighted by Gasteiger charge is 2.49. The third-order valence-electron chi connectivity index (χ3n) is 3.78. The number of benzene rings is 1. The first-order valence-corrected chi connectivity index (χ1v) is 7.80. The quantitative estimate of drug-likeness (QED) is 0.795. The summed E-state index contributed by atoms with van der Waals surface area (Å²) in [4.78, 5) is 12.3. The molecule has 18 heavy (non-hydrogen) atoms. The summed E-state index contributed by atoms with van der Waals surface area (Å²) in [5.74, 6) is -0.293. The van der Waals surface area contributed by atoms with Crippen LogP contribution in [0.2, 0.25) is 5.02 Å². The van der Waals surface area contributed by atoms with Crippen molar-refractivity contribution in [2.45, 2.75) is 24.2 Å². The topological polar surface area (TPSA) is 63.2 Å². The van der Waals surface area contributed by atoms with Gasteiger partial charge in [-0.2, -0.15) is 0 Å². The standard InChI is InChI=1S/C12H12ClNO3S/c13-8-2-3-10-9(6-8)14-11(15)12(4-1-5-12)7-18(10,16)17/h2-3,6H,1,4-5,7H2,(H,14,15). The van der Waals surface area contributed by atoms with Crippen molar-refractivity contribution in [3.8, 4) is 0 Å². The van der Waals surface area contributed by atoms with Gasteiger partial charge in [-0.15, -0.1) is 0 Å². The van der Waals surface area contributed by atoms with E-state index in [0.717, 1.165) is 6.42 Å². The molecule has 96 valence electrons. The zero-order chi connectivity index (χ0) is 13.0. The van der Waals surface area contributed by atoms with Gasteiger partial charge in [-0.05, 0) is 31.0 Å². The summed E-state index contributed by atoms with van der Waals surface area (Å²) in [6.07, 6.45) is 2.18. The Labute approximate surface area is 110 Å². The molecule has 1 heterocycles. The molecule has 1 aromatic carbocycles. The van der Waals surface area contributed by atoms with Gasteiger partial charge in [-0.3, -0.25) is 4.79 Å². The summed E-state index contributed by atoms with van der Waals surface area (Å²) in [6, 6.07) is 4.48. The number of rotatable bonds is 0. The zero-order valence-electron chi connectivity index (χ0n) is 9.57. The number of nitrogens with one attached hydrogen (secondary N) is 1. The average molecular weight is 286 g/mol. The molecule has 6 heteroatoms. The highest BCUT2D eigenvalue weighted by atomic mass is 35.5. The fourth-order valence-electron chi connectivity index (χ4n) is 2.61. The van der Waals surface area contributed by atoms with Gasteiger partial charge in [0.2, 0.25) is 5.91 Å². The Morgan fingerprint density at radius 1 is 1.28 bits per heavy atom. The molecule has 4 nitrogen and oxygen atoms in total. The minimum atomic E-state index is -3.44. The van der Waals surface area contributed by atoms with Crippen molar-refractivity contribution in [1.82, 2.24) is 0 Å². The molecule has 1 saturated carbocycles. The molecule has 1 spiro atoms. The largest absolute Gasteiger partial charge is 0.324 e. The minimum Gasteiger partial charge on any atom is -0.324 e. The Bertz CT molecular complexity index is 635. The van der Waals surface area contributed by atoms with E-state index in [-0.39, 0.29) is 16.6 Å². The van der Waals surface area contributed by atoms with Crippen LogP contribution in [-0.4, -0.2) is 20.1 Å². The van der Waals surface area contributed by atoms with Crippen molar-refractivity contribution in [1.29, 1.82) is 0 Å². The van der Waals surface area contributed by atoms with Crippen molar-refractivity contribution in [3.63, 3.8) is 0 Å². The SMILES string of the molecule is O=C1Nc2cc(Cl)ccc2S(=O)(=O)CC12CCC2. The fourth-order valence-corrected chi connectivity index (χ4v) is 4.80. The van der Waals surface area contributed by atoms with Crippen LogP contribution in [0, 0.1) is 5.41 Å². The highest BCUT2D eigenvalue weighted by Crippen LogP contribution is 2.46. The lowest BCUT2D eigenvalue weighted by atomic mass is 9.69. The molecule has 1 aromatic rings. The molecular weight excluding hydrogens is 274 g/mol. The van der Waals surface area contributed by atoms with Gasteiger partial charge < -0.3 is 5.32 Å². The first-order chi connectivity index (χ1) is 8.43. The smallest absolute Gasteiger partial charge is 0.231 e. The lowest BCUT2D eigenvalue weighted by Gasteiger charge is -2.38. The predicted molar refractivity (Wildman–Crippen MR) is 68.4 cm³/mol. The van der Waals surface area contributed by atoms with Gasteiger partial charge in [-0.1, -0.05) is 18.0 Å². The van der Waals surface area contributed by atoms with Gasteiger partial charge in [0.25, 0.3) is 0 Å². The molecule has 1 N–H and O–H groups in total. The van der Waals surface area contributed by atoms with E-state index in [2.05, 4.69) is 5.32 Å². The van der Waals surface area contributed by atoms with E-state index in [0.29, 0.717) is 23.6 Å². The second kappa shape index (κ2) is 3.71. The molecule has 0 atom stereocenters. The van der Waals surface area contributed by atoms with E-state index in [1.807, 2.05) is 0 Å². The van der Waals surface area contributed by atoms with E-state index >= 15 is 0 Å². The number of hydrogen-bond acceptors (Lipinski definition) is 3. The van der Waals surface area contributed by atoms with Crippen molar-refractivity contribution >= 4 is 33.0 Å². The maximum absolute atomic E-state index is 12.3. The van der Waals surface area contributed by atoms with Gasteiger partial charge in [0.15, 0.2) is 9.84 Å². The van der Waals surface area contributed by atoms with Crippen molar-refractivity contribution in [2.24, 2.45) is 5.41 Å². The van der Waals surface area contributed by atoms with Gasteiger partial charge in [0.05, 0.1) is 21.8 Å². The molecular formula is C12H12ClNO3S. The van der Waals surface area contributed by atoms with Gasteiger partial charge >= 0.3 is 0 Å². The van der Waals surface area contributed by atoms with Gasteiger partial charge in [-0.25, -0.2) is 8.42 Å². The molecule has 0 saturated heterocycles. The molecule has 1 amide bonds. The van der Waals surface area contributed by atoms with Gasteiger partial charge in [0, 0.05) is 5.02 Å². The Balaban J connectivity index is 2.17. The monoisotopic (exact) mass is 285 g/mol. The molecule has 1 fully saturated rings. The molecule has 0 unspecified atom stereocenters. The molecule has 0 radical (unpaired) electrons. The lowest BCUT2D eigenvalue weighted by molar-refractivity contribution is -0.128. The second-order valence-electron chi connectivity index (χ2n) is 4.99. The van der Waals surface area contributed by atoms with E-state index in [4.69, 9.17) is 11.6 Å². The van der Waals surface area contributed by atoms with Crippen molar-refractivity contribution < 1.29 is 13.2 Å². The molecule has 0 bridgehead atoms. The predicted octanol–water partition coefficient (Wildman–Crippen LogP) is 2.24. The number of anilines is 1. The number of carbonyl (C=O) groups excluding carboxylic acids is 1. The van der Waals surface area contributed by atoms with Crippen molar-refractivity contribution in [3.05, 3.63) is 23.2 Å². The second-order valence-corrected chi connectivity index (χ2v) is 7.38. The van der Waals surface area contributed by atoms with Crippen molar-refractivity contribution in [2.75, 3.05) is 11.1 Å². The molecule has 2 aliphatic rings. The van der Waals surface area contributed by atoms with E-state index in [1.165, 1.54) is 18.2 Å². The third-order valence-corrected chi connectivity index (χ3v) is 5.98. The van der Waals surface area contributed by atoms with E-state index < -0.39 is 15.3 Å². The lowest BCUT2D eigenvalue weighted by Crippen LogP contribution is -2.45. The number of fused-ring (bicyclic) bond motifs is 1. The van der Waals surface area contributed by atoms with Crippen LogP contribution >= 0.6 is 11.6 Å². The molecule has 3 rings (SSSR count). The summed E-state index contributed by atoms with van der Waals surface area (Å²) < 4.78 is 24.6. The summed E-state index contributed by atoms with van der Waals surface area (Å²) >= 11 is 5.84. The molecule has 0 aromatic heterocycles. The van der Waals surface area contributed by atoms with Gasteiger partial charge in [0.1, 0.15) is 0 Å². The van der Waals surface area contributed by atoms with Crippen LogP contribution in [0.15, 0.2) is 23.1 Å². The van der Waals surface area contributed by atoms with Crippen LogP contribution < -0.4 is 5.32 Å². The summed E-state index contributed by atoms with van der Waals surface area (Å²) in [5.41, 5.74) is -0.430. The van der Waals surface area contributed by atoms with E-state index in [9.17, 15) is 13.2 Å². The highest BCUT2D eigenvalue weighted by molar-refractivity contribution is 7.91. The maximum Gasteiger partial charge on any atom is 0.231 e. The van der Waals surface area contributed by atoms with Crippen LogP contribution in [0.1, 0.15) is 19.3 Å². The zero-order valence-corrected chi connectivity index (χ0v) is 11.1. The Morgan fingerprint density at radius 2 is 2.00 bits per heavy atom. The maximum atomic E-state index is 12.3.